The molecule has 0 amide bonds. The first-order valence-electron chi connectivity index (χ1n) is 7.20. The molecule has 22 heavy (non-hydrogen) atoms. The zero-order valence-electron chi connectivity index (χ0n) is 13.9. The lowest BCUT2D eigenvalue weighted by Gasteiger charge is -2.37. The molecule has 0 aromatic heterocycles. The molecule has 1 aliphatic rings. The van der Waals surface area contributed by atoms with Gasteiger partial charge in [-0.15, -0.1) is 0 Å². The fraction of sp³-hybridized carbons (Fsp3) is 0.444. The van der Waals surface area contributed by atoms with E-state index in [1.165, 1.54) is 7.11 Å². The highest BCUT2D eigenvalue weighted by Gasteiger charge is 2.54. The second kappa shape index (κ2) is 5.27. The lowest BCUT2D eigenvalue weighted by molar-refractivity contribution is -0.138. The zero-order valence-corrected chi connectivity index (χ0v) is 13.9. The van der Waals surface area contributed by atoms with Gasteiger partial charge in [0.25, 0.3) is 0 Å². The predicted molar refractivity (Wildman–Crippen MR) is 84.0 cm³/mol. The van der Waals surface area contributed by atoms with Gasteiger partial charge in [0.15, 0.2) is 5.78 Å². The minimum absolute atomic E-state index is 0.120. The fourth-order valence-corrected chi connectivity index (χ4v) is 2.96. The normalized spacial score (nSPS) is 23.2. The average molecular weight is 302 g/mol. The molecule has 1 atom stereocenters. The van der Waals surface area contributed by atoms with Gasteiger partial charge in [-0.25, -0.2) is 4.79 Å². The first-order valence-corrected chi connectivity index (χ1v) is 7.20. The second-order valence-electron chi connectivity index (χ2n) is 6.39. The number of carbonyl (C=O) groups is 2. The molecule has 0 radical (unpaired) electrons. The number of rotatable bonds is 3. The Balaban J connectivity index is 2.63. The van der Waals surface area contributed by atoms with Gasteiger partial charge < -0.3 is 9.47 Å². The van der Waals surface area contributed by atoms with Crippen LogP contribution in [0.5, 0.6) is 5.75 Å². The third kappa shape index (κ3) is 2.14. The van der Waals surface area contributed by atoms with Gasteiger partial charge >= 0.3 is 5.97 Å². The number of Topliss-reactive ketones (excluding diaryl/α,β-unsaturated/α-hetero) is 1. The molecule has 0 bridgehead atoms. The number of ether oxygens (including phenoxy) is 2. The number of hydrogen-bond acceptors (Lipinski definition) is 4. The highest BCUT2D eigenvalue weighted by Crippen LogP contribution is 2.51. The average Bonchev–Trinajstić information content (AvgIpc) is 2.68. The van der Waals surface area contributed by atoms with Crippen molar-refractivity contribution >= 4 is 11.8 Å². The summed E-state index contributed by atoms with van der Waals surface area (Å²) in [6.45, 7) is 7.64. The van der Waals surface area contributed by atoms with Crippen molar-refractivity contribution in [1.82, 2.24) is 0 Å². The Bertz CT molecular complexity index is 670. The Hall–Kier alpha value is -2.10. The van der Waals surface area contributed by atoms with Crippen molar-refractivity contribution in [1.29, 1.82) is 0 Å². The molecular formula is C18H22O4. The number of aryl methyl sites for hydroxylation is 1. The maximum Gasteiger partial charge on any atom is 0.341 e. The topological polar surface area (TPSA) is 52.6 Å². The van der Waals surface area contributed by atoms with Crippen LogP contribution in [0.4, 0.5) is 0 Å². The first-order chi connectivity index (χ1) is 10.2. The van der Waals surface area contributed by atoms with Gasteiger partial charge in [-0.1, -0.05) is 39.0 Å². The quantitative estimate of drug-likeness (QED) is 0.636. The molecule has 1 aliphatic carbocycles. The van der Waals surface area contributed by atoms with Crippen LogP contribution >= 0.6 is 0 Å². The summed E-state index contributed by atoms with van der Waals surface area (Å²) >= 11 is 0. The van der Waals surface area contributed by atoms with Gasteiger partial charge in [0.2, 0.25) is 0 Å². The Morgan fingerprint density at radius 2 is 1.77 bits per heavy atom. The number of carbonyl (C=O) groups excluding carboxylic acids is 2. The molecule has 118 valence electrons. The van der Waals surface area contributed by atoms with Crippen LogP contribution in [-0.4, -0.2) is 26.0 Å². The van der Waals surface area contributed by atoms with Crippen molar-refractivity contribution in [3.8, 4) is 5.75 Å². The van der Waals surface area contributed by atoms with E-state index in [1.807, 2.05) is 45.9 Å². The zero-order chi connectivity index (χ0) is 16.7. The molecule has 4 heteroatoms. The van der Waals surface area contributed by atoms with Crippen LogP contribution in [0, 0.1) is 12.3 Å². The van der Waals surface area contributed by atoms with Crippen molar-refractivity contribution in [3.63, 3.8) is 0 Å². The number of ketones is 1. The molecule has 0 fully saturated rings. The molecule has 1 aromatic carbocycles. The highest BCUT2D eigenvalue weighted by atomic mass is 16.5. The van der Waals surface area contributed by atoms with Gasteiger partial charge in [-0.3, -0.25) is 4.79 Å². The molecular weight excluding hydrogens is 280 g/mol. The molecule has 0 aliphatic heterocycles. The molecule has 0 spiro atoms. The number of esters is 1. The third-order valence-corrected chi connectivity index (χ3v) is 4.96. The van der Waals surface area contributed by atoms with E-state index >= 15 is 0 Å². The van der Waals surface area contributed by atoms with Crippen molar-refractivity contribution < 1.29 is 19.1 Å². The molecule has 0 unspecified atom stereocenters. The Morgan fingerprint density at radius 1 is 1.14 bits per heavy atom. The van der Waals surface area contributed by atoms with Crippen LogP contribution < -0.4 is 4.74 Å². The van der Waals surface area contributed by atoms with Crippen molar-refractivity contribution in [2.45, 2.75) is 33.1 Å². The lowest BCUT2D eigenvalue weighted by atomic mass is 9.64. The van der Waals surface area contributed by atoms with E-state index in [0.717, 1.165) is 16.9 Å². The van der Waals surface area contributed by atoms with Gasteiger partial charge in [-0.05, 0) is 24.1 Å². The summed E-state index contributed by atoms with van der Waals surface area (Å²) in [6.07, 6.45) is 1.73. The van der Waals surface area contributed by atoms with E-state index in [0.29, 0.717) is 0 Å². The molecule has 4 nitrogen and oxygen atoms in total. The van der Waals surface area contributed by atoms with Crippen LogP contribution in [0.1, 0.15) is 31.9 Å². The van der Waals surface area contributed by atoms with E-state index in [1.54, 1.807) is 13.2 Å². The van der Waals surface area contributed by atoms with E-state index in [4.69, 9.17) is 9.47 Å². The predicted octanol–water partition coefficient (Wildman–Crippen LogP) is 2.97. The minimum Gasteiger partial charge on any atom is -0.496 e. The smallest absolute Gasteiger partial charge is 0.341 e. The number of allylic oxidation sites excluding steroid dienone is 1. The summed E-state index contributed by atoms with van der Waals surface area (Å²) in [5.74, 6) is -0.0100. The van der Waals surface area contributed by atoms with E-state index in [9.17, 15) is 9.59 Å². The number of benzene rings is 1. The van der Waals surface area contributed by atoms with Crippen molar-refractivity contribution in [2.75, 3.05) is 14.2 Å². The lowest BCUT2D eigenvalue weighted by Crippen LogP contribution is -2.39. The molecule has 0 saturated carbocycles. The van der Waals surface area contributed by atoms with Crippen LogP contribution in [0.15, 0.2) is 29.8 Å². The van der Waals surface area contributed by atoms with Crippen LogP contribution in [-0.2, 0) is 19.7 Å². The largest absolute Gasteiger partial charge is 0.496 e. The standard InChI is InChI=1S/C18H22O4/c1-11-7-8-12(9-14(11)21-5)18(4)10-13(16(20)22-6)15(19)17(18,2)3/h7-10H,1-6H3/t18-/m1/s1. The van der Waals surface area contributed by atoms with Crippen LogP contribution in [0.2, 0.25) is 0 Å². The van der Waals surface area contributed by atoms with Gasteiger partial charge in [0.05, 0.1) is 14.2 Å². The van der Waals surface area contributed by atoms with Crippen LogP contribution in [0.3, 0.4) is 0 Å². The Morgan fingerprint density at radius 3 is 2.32 bits per heavy atom. The highest BCUT2D eigenvalue weighted by molar-refractivity contribution is 6.22. The Labute approximate surface area is 131 Å². The summed E-state index contributed by atoms with van der Waals surface area (Å²) in [7, 11) is 2.91. The molecule has 0 N–H and O–H groups in total. The second-order valence-corrected chi connectivity index (χ2v) is 6.39. The van der Waals surface area contributed by atoms with Gasteiger partial charge in [0.1, 0.15) is 11.3 Å². The van der Waals surface area contributed by atoms with Crippen molar-refractivity contribution in [3.05, 3.63) is 41.0 Å². The fourth-order valence-electron chi connectivity index (χ4n) is 2.96. The summed E-state index contributed by atoms with van der Waals surface area (Å²) < 4.78 is 10.1. The van der Waals surface area contributed by atoms with E-state index < -0.39 is 16.8 Å². The van der Waals surface area contributed by atoms with E-state index in [2.05, 4.69) is 0 Å². The minimum atomic E-state index is -0.739. The molecule has 0 heterocycles. The van der Waals surface area contributed by atoms with Gasteiger partial charge in [0, 0.05) is 10.8 Å². The summed E-state index contributed by atoms with van der Waals surface area (Å²) in [5, 5.41) is 0. The molecule has 1 aromatic rings. The van der Waals surface area contributed by atoms with Gasteiger partial charge in [-0.2, -0.15) is 0 Å². The maximum absolute atomic E-state index is 12.6. The maximum atomic E-state index is 12.6. The summed E-state index contributed by atoms with van der Waals surface area (Å²) in [5.41, 5.74) is 0.738. The van der Waals surface area contributed by atoms with Crippen molar-refractivity contribution in [2.24, 2.45) is 5.41 Å². The molecule has 2 rings (SSSR count). The van der Waals surface area contributed by atoms with Crippen LogP contribution in [0.25, 0.3) is 0 Å². The third-order valence-electron chi connectivity index (χ3n) is 4.96. The van der Waals surface area contributed by atoms with E-state index in [-0.39, 0.29) is 11.4 Å². The first kappa shape index (κ1) is 16.3. The molecule has 0 saturated heterocycles. The number of hydrogen-bond donors (Lipinski definition) is 0. The monoisotopic (exact) mass is 302 g/mol. The SMILES string of the molecule is COC(=O)C1=C[C@](C)(c2ccc(C)c(OC)c2)C(C)(C)C1=O. The number of methoxy groups -OCH3 is 2. The Kier molecular flexibility index (Phi) is 3.90. The summed E-state index contributed by atoms with van der Waals surface area (Å²) in [4.78, 5) is 24.5. The summed E-state index contributed by atoms with van der Waals surface area (Å²) in [6, 6.07) is 5.87.